The quantitative estimate of drug-likeness (QED) is 0.256. The second-order valence-electron chi connectivity index (χ2n) is 8.79. The first-order valence-corrected chi connectivity index (χ1v) is 13.5. The molecule has 37 heavy (non-hydrogen) atoms. The first-order chi connectivity index (χ1) is 17.9. The van der Waals surface area contributed by atoms with Crippen LogP contribution in [0.1, 0.15) is 29.5 Å². The number of para-hydroxylation sites is 1. The predicted molar refractivity (Wildman–Crippen MR) is 144 cm³/mol. The molecular weight excluding hydrogens is 486 g/mol. The van der Waals surface area contributed by atoms with E-state index in [9.17, 15) is 8.42 Å². The Kier molecular flexibility index (Phi) is 6.67. The minimum absolute atomic E-state index is 0.133. The number of benzene rings is 3. The van der Waals surface area contributed by atoms with Crippen LogP contribution >= 0.6 is 0 Å². The summed E-state index contributed by atoms with van der Waals surface area (Å²) in [5.41, 5.74) is 4.52. The first-order valence-electron chi connectivity index (χ1n) is 12.0. The first kappa shape index (κ1) is 24.5. The Balaban J connectivity index is 1.52. The van der Waals surface area contributed by atoms with Gasteiger partial charge in [-0.2, -0.15) is 0 Å². The molecule has 0 bridgehead atoms. The van der Waals surface area contributed by atoms with Crippen molar-refractivity contribution in [3.63, 3.8) is 0 Å². The fourth-order valence-electron chi connectivity index (χ4n) is 4.09. The van der Waals surface area contributed by atoms with Crippen LogP contribution in [0.4, 0.5) is 5.82 Å². The maximum absolute atomic E-state index is 13.6. The van der Waals surface area contributed by atoms with E-state index in [1.54, 1.807) is 19.9 Å². The van der Waals surface area contributed by atoms with E-state index in [0.717, 1.165) is 28.6 Å². The highest BCUT2D eigenvalue weighted by Gasteiger charge is 2.23. The summed E-state index contributed by atoms with van der Waals surface area (Å²) in [6.07, 6.45) is 0.780. The average Bonchev–Trinajstić information content (AvgIpc) is 3.23. The van der Waals surface area contributed by atoms with Gasteiger partial charge in [-0.05, 0) is 49.6 Å². The highest BCUT2D eigenvalue weighted by molar-refractivity contribution is 7.92. The number of hydrogen-bond acceptors (Lipinski definition) is 6. The molecule has 0 saturated carbocycles. The minimum Gasteiger partial charge on any atom is -0.488 e. The standard InChI is InChI=1S/C29H27N3O4S/c1-4-23-17-27(25-12-8-9-13-26(25)30-23)35-18-21-14-15-24(22-10-6-5-7-11-22)28(16-21)37(33,34)32-29-19(2)20(3)36-31-29/h5-17H,4,18H2,1-3H3,(H,31,32). The molecule has 0 fully saturated rings. The Hall–Kier alpha value is -4.17. The third-order valence-electron chi connectivity index (χ3n) is 6.30. The Morgan fingerprint density at radius 2 is 1.70 bits per heavy atom. The minimum atomic E-state index is -3.99. The Morgan fingerprint density at radius 3 is 2.43 bits per heavy atom. The lowest BCUT2D eigenvalue weighted by atomic mass is 10.0. The third-order valence-corrected chi connectivity index (χ3v) is 7.68. The summed E-state index contributed by atoms with van der Waals surface area (Å²) in [6, 6.07) is 24.5. The molecule has 8 heteroatoms. The number of aryl methyl sites for hydroxylation is 2. The number of aromatic nitrogens is 2. The molecule has 2 heterocycles. The molecule has 5 aromatic rings. The van der Waals surface area contributed by atoms with E-state index in [2.05, 4.69) is 14.9 Å². The summed E-state index contributed by atoms with van der Waals surface area (Å²) in [7, 11) is -3.99. The highest BCUT2D eigenvalue weighted by Crippen LogP contribution is 2.32. The summed E-state index contributed by atoms with van der Waals surface area (Å²) in [5.74, 6) is 1.44. The lowest BCUT2D eigenvalue weighted by Crippen LogP contribution is -2.15. The van der Waals surface area contributed by atoms with Gasteiger partial charge >= 0.3 is 0 Å². The van der Waals surface area contributed by atoms with Crippen LogP contribution in [-0.2, 0) is 23.1 Å². The maximum Gasteiger partial charge on any atom is 0.263 e. The van der Waals surface area contributed by atoms with Crippen molar-refractivity contribution in [1.82, 2.24) is 10.1 Å². The predicted octanol–water partition coefficient (Wildman–Crippen LogP) is 6.45. The van der Waals surface area contributed by atoms with Gasteiger partial charge in [0, 0.05) is 28.3 Å². The molecule has 188 valence electrons. The van der Waals surface area contributed by atoms with E-state index in [0.29, 0.717) is 28.2 Å². The molecule has 0 amide bonds. The summed E-state index contributed by atoms with van der Waals surface area (Å²) >= 11 is 0. The zero-order valence-electron chi connectivity index (χ0n) is 20.9. The Morgan fingerprint density at radius 1 is 0.946 bits per heavy atom. The van der Waals surface area contributed by atoms with E-state index in [1.807, 2.05) is 79.7 Å². The van der Waals surface area contributed by atoms with Crippen molar-refractivity contribution in [2.45, 2.75) is 38.7 Å². The second-order valence-corrected chi connectivity index (χ2v) is 10.4. The Bertz CT molecular complexity index is 1680. The van der Waals surface area contributed by atoms with Crippen molar-refractivity contribution in [2.75, 3.05) is 4.72 Å². The molecule has 0 aliphatic heterocycles. The fourth-order valence-corrected chi connectivity index (χ4v) is 5.42. The molecule has 0 unspecified atom stereocenters. The molecule has 2 aromatic heterocycles. The molecule has 0 spiro atoms. The van der Waals surface area contributed by atoms with Crippen molar-refractivity contribution >= 4 is 26.7 Å². The van der Waals surface area contributed by atoms with Crippen LogP contribution in [0.15, 0.2) is 88.3 Å². The van der Waals surface area contributed by atoms with Gasteiger partial charge in [0.05, 0.1) is 10.4 Å². The van der Waals surface area contributed by atoms with Crippen LogP contribution in [0.3, 0.4) is 0 Å². The Labute approximate surface area is 216 Å². The average molecular weight is 514 g/mol. The lowest BCUT2D eigenvalue weighted by molar-refractivity contribution is 0.309. The van der Waals surface area contributed by atoms with Gasteiger partial charge in [-0.1, -0.05) is 66.7 Å². The smallest absolute Gasteiger partial charge is 0.263 e. The van der Waals surface area contributed by atoms with Gasteiger partial charge in [-0.15, -0.1) is 0 Å². The zero-order valence-corrected chi connectivity index (χ0v) is 21.7. The van der Waals surface area contributed by atoms with E-state index in [1.165, 1.54) is 0 Å². The van der Waals surface area contributed by atoms with Crippen molar-refractivity contribution in [2.24, 2.45) is 0 Å². The molecule has 0 radical (unpaired) electrons. The van der Waals surface area contributed by atoms with E-state index >= 15 is 0 Å². The van der Waals surface area contributed by atoms with E-state index < -0.39 is 10.0 Å². The largest absolute Gasteiger partial charge is 0.488 e. The number of nitrogens with one attached hydrogen (secondary N) is 1. The topological polar surface area (TPSA) is 94.3 Å². The van der Waals surface area contributed by atoms with Crippen LogP contribution in [0, 0.1) is 13.8 Å². The van der Waals surface area contributed by atoms with Crippen molar-refractivity contribution < 1.29 is 17.7 Å². The van der Waals surface area contributed by atoms with Gasteiger partial charge in [0.1, 0.15) is 18.1 Å². The molecule has 5 rings (SSSR count). The SMILES string of the molecule is CCc1cc(OCc2ccc(-c3ccccc3)c(S(=O)(=O)Nc3noc(C)c3C)c2)c2ccccc2n1. The summed E-state index contributed by atoms with van der Waals surface area (Å²) in [6.45, 7) is 5.73. The van der Waals surface area contributed by atoms with Gasteiger partial charge in [0.15, 0.2) is 5.82 Å². The van der Waals surface area contributed by atoms with Crippen LogP contribution < -0.4 is 9.46 Å². The van der Waals surface area contributed by atoms with E-state index in [4.69, 9.17) is 9.26 Å². The molecule has 7 nitrogen and oxygen atoms in total. The number of rotatable bonds is 8. The third kappa shape index (κ3) is 5.06. The normalized spacial score (nSPS) is 11.5. The van der Waals surface area contributed by atoms with Crippen LogP contribution in [-0.4, -0.2) is 18.6 Å². The number of ether oxygens (including phenoxy) is 1. The maximum atomic E-state index is 13.6. The number of anilines is 1. The number of hydrogen-bond donors (Lipinski definition) is 1. The number of nitrogens with zero attached hydrogens (tertiary/aromatic N) is 2. The number of fused-ring (bicyclic) bond motifs is 1. The van der Waals surface area contributed by atoms with Crippen molar-refractivity contribution in [3.8, 4) is 16.9 Å². The van der Waals surface area contributed by atoms with Gasteiger partial charge < -0.3 is 9.26 Å². The van der Waals surface area contributed by atoms with Crippen LogP contribution in [0.2, 0.25) is 0 Å². The molecule has 0 saturated heterocycles. The summed E-state index contributed by atoms with van der Waals surface area (Å²) in [4.78, 5) is 4.80. The fraction of sp³-hybridized carbons (Fsp3) is 0.172. The number of pyridine rings is 1. The molecule has 0 atom stereocenters. The molecule has 1 N–H and O–H groups in total. The van der Waals surface area contributed by atoms with E-state index in [-0.39, 0.29) is 17.3 Å². The molecule has 0 aliphatic rings. The molecule has 0 aliphatic carbocycles. The number of sulfonamides is 1. The van der Waals surface area contributed by atoms with Crippen LogP contribution in [0.25, 0.3) is 22.0 Å². The van der Waals surface area contributed by atoms with Crippen molar-refractivity contribution in [3.05, 3.63) is 101 Å². The van der Waals surface area contributed by atoms with Gasteiger partial charge in [0.25, 0.3) is 10.0 Å². The van der Waals surface area contributed by atoms with Crippen LogP contribution in [0.5, 0.6) is 5.75 Å². The molecule has 3 aromatic carbocycles. The highest BCUT2D eigenvalue weighted by atomic mass is 32.2. The second kappa shape index (κ2) is 10.1. The summed E-state index contributed by atoms with van der Waals surface area (Å²) in [5, 5.41) is 4.79. The monoisotopic (exact) mass is 513 g/mol. The van der Waals surface area contributed by atoms with Gasteiger partial charge in [-0.25, -0.2) is 8.42 Å². The van der Waals surface area contributed by atoms with Gasteiger partial charge in [0.2, 0.25) is 0 Å². The van der Waals surface area contributed by atoms with Gasteiger partial charge in [-0.3, -0.25) is 9.71 Å². The zero-order chi connectivity index (χ0) is 26.0. The molecular formula is C29H27N3O4S. The summed E-state index contributed by atoms with van der Waals surface area (Å²) < 4.78 is 41.2. The van der Waals surface area contributed by atoms with Crippen molar-refractivity contribution in [1.29, 1.82) is 0 Å². The lowest BCUT2D eigenvalue weighted by Gasteiger charge is -2.15.